The highest BCUT2D eigenvalue weighted by Gasteiger charge is 2.11. The van der Waals surface area contributed by atoms with Gasteiger partial charge in [0.15, 0.2) is 0 Å². The predicted octanol–water partition coefficient (Wildman–Crippen LogP) is 1.62. The molecule has 0 aliphatic heterocycles. The molecule has 0 atom stereocenters. The monoisotopic (exact) mass is 198 g/mol. The molecule has 0 aliphatic rings. The number of carbonyl (C=O) groups excluding carboxylic acids is 1. The van der Waals surface area contributed by atoms with Crippen LogP contribution >= 0.6 is 24.2 Å². The van der Waals surface area contributed by atoms with Crippen molar-refractivity contribution >= 4 is 29.5 Å². The van der Waals surface area contributed by atoms with Crippen LogP contribution in [0.4, 0.5) is 0 Å². The van der Waals surface area contributed by atoms with E-state index in [4.69, 9.17) is 16.9 Å². The summed E-state index contributed by atoms with van der Waals surface area (Å²) in [5.41, 5.74) is 0.250. The largest absolute Gasteiger partial charge is 0.275 e. The van der Waals surface area contributed by atoms with Gasteiger partial charge < -0.3 is 0 Å². The van der Waals surface area contributed by atoms with Gasteiger partial charge in [-0.25, -0.2) is 0 Å². The van der Waals surface area contributed by atoms with Crippen LogP contribution in [0.5, 0.6) is 0 Å². The summed E-state index contributed by atoms with van der Waals surface area (Å²) in [5.74, 6) is 0. The number of nitriles is 1. The summed E-state index contributed by atoms with van der Waals surface area (Å²) in [5, 5.41) is 7.91. The van der Waals surface area contributed by atoms with Crippen molar-refractivity contribution < 1.29 is 4.79 Å². The van der Waals surface area contributed by atoms with E-state index >= 15 is 0 Å². The average Bonchev–Trinajstić information content (AvgIpc) is 2.03. The summed E-state index contributed by atoms with van der Waals surface area (Å²) in [7, 11) is 0. The van der Waals surface area contributed by atoms with Crippen LogP contribution in [0.3, 0.4) is 0 Å². The van der Waals surface area contributed by atoms with Crippen LogP contribution in [0, 0.1) is 11.3 Å². The van der Waals surface area contributed by atoms with E-state index in [0.29, 0.717) is 4.90 Å². The molecule has 12 heavy (non-hydrogen) atoms. The van der Waals surface area contributed by atoms with Gasteiger partial charge in [-0.05, 0) is 11.6 Å². The molecule has 0 radical (unpaired) electrons. The van der Waals surface area contributed by atoms with E-state index in [2.05, 4.69) is 17.6 Å². The number of hydrogen-bond acceptors (Lipinski definition) is 4. The Balaban J connectivity index is 3.40. The molecule has 1 heterocycles. The van der Waals surface area contributed by atoms with E-state index in [-0.39, 0.29) is 11.1 Å². The van der Waals surface area contributed by atoms with Crippen molar-refractivity contribution in [1.29, 1.82) is 5.26 Å². The second-order valence-electron chi connectivity index (χ2n) is 1.97. The first-order chi connectivity index (χ1) is 5.66. The number of aromatic nitrogens is 1. The van der Waals surface area contributed by atoms with E-state index in [1.807, 2.05) is 6.07 Å². The van der Waals surface area contributed by atoms with Gasteiger partial charge in [-0.2, -0.15) is 5.26 Å². The summed E-state index contributed by atoms with van der Waals surface area (Å²) < 4.78 is 0. The molecule has 0 saturated heterocycles. The average molecular weight is 199 g/mol. The van der Waals surface area contributed by atoms with Crippen LogP contribution in [-0.2, 0) is 0 Å². The zero-order valence-corrected chi connectivity index (χ0v) is 7.43. The molecule has 0 aliphatic carbocycles. The maximum absolute atomic E-state index is 10.7. The van der Waals surface area contributed by atoms with Crippen LogP contribution in [0.25, 0.3) is 0 Å². The molecule has 0 bridgehead atoms. The number of nitrogens with zero attached hydrogens (tertiary/aromatic N) is 2. The van der Waals surface area contributed by atoms with Crippen LogP contribution in [0.2, 0.25) is 0 Å². The third-order valence-corrected chi connectivity index (χ3v) is 1.79. The van der Waals surface area contributed by atoms with E-state index < -0.39 is 5.24 Å². The number of pyridine rings is 1. The molecule has 60 valence electrons. The highest BCUT2D eigenvalue weighted by Crippen LogP contribution is 2.16. The molecule has 3 nitrogen and oxygen atoms in total. The maximum atomic E-state index is 10.7. The molecule has 0 N–H and O–H groups in total. The van der Waals surface area contributed by atoms with Gasteiger partial charge >= 0.3 is 0 Å². The smallest absolute Gasteiger partial charge is 0.255 e. The summed E-state index contributed by atoms with van der Waals surface area (Å²) in [6.07, 6.45) is 2.62. The molecule has 1 rings (SSSR count). The Morgan fingerprint density at radius 3 is 2.75 bits per heavy atom. The van der Waals surface area contributed by atoms with Crippen molar-refractivity contribution in [3.63, 3.8) is 0 Å². The van der Waals surface area contributed by atoms with Crippen molar-refractivity contribution in [2.45, 2.75) is 4.90 Å². The zero-order valence-electron chi connectivity index (χ0n) is 5.78. The van der Waals surface area contributed by atoms with Gasteiger partial charge in [-0.1, -0.05) is 0 Å². The first kappa shape index (κ1) is 9.04. The number of rotatable bonds is 1. The maximum Gasteiger partial charge on any atom is 0.255 e. The summed E-state index contributed by atoms with van der Waals surface area (Å²) in [4.78, 5) is 14.7. The summed E-state index contributed by atoms with van der Waals surface area (Å²) in [6, 6.07) is 1.82. The quantitative estimate of drug-likeness (QED) is 0.551. The first-order valence-corrected chi connectivity index (χ1v) is 3.76. The van der Waals surface area contributed by atoms with Crippen molar-refractivity contribution in [3.05, 3.63) is 23.5 Å². The van der Waals surface area contributed by atoms with Gasteiger partial charge in [0.2, 0.25) is 0 Å². The number of halogens is 1. The fourth-order valence-corrected chi connectivity index (χ4v) is 1.10. The van der Waals surface area contributed by atoms with E-state index in [9.17, 15) is 4.79 Å². The number of thiol groups is 1. The van der Waals surface area contributed by atoms with Gasteiger partial charge in [0.1, 0.15) is 6.07 Å². The SMILES string of the molecule is N#Cc1c(S)cncc1C(=O)Cl. The Bertz CT molecular complexity index is 372. The third kappa shape index (κ3) is 1.58. The van der Waals surface area contributed by atoms with E-state index in [1.165, 1.54) is 12.4 Å². The highest BCUT2D eigenvalue weighted by atomic mass is 35.5. The Kier molecular flexibility index (Phi) is 2.69. The fourth-order valence-electron chi connectivity index (χ4n) is 0.716. The van der Waals surface area contributed by atoms with Gasteiger partial charge in [0.25, 0.3) is 5.24 Å². The molecule has 5 heteroatoms. The predicted molar refractivity (Wildman–Crippen MR) is 46.4 cm³/mol. The Morgan fingerprint density at radius 2 is 2.33 bits per heavy atom. The minimum absolute atomic E-state index is 0.0895. The minimum Gasteiger partial charge on any atom is -0.275 e. The lowest BCUT2D eigenvalue weighted by Gasteiger charge is -1.98. The molecule has 0 saturated carbocycles. The normalized spacial score (nSPS) is 9.08. The molecule has 0 amide bonds. The Morgan fingerprint density at radius 1 is 1.67 bits per heavy atom. The Hall–Kier alpha value is -1.05. The third-order valence-electron chi connectivity index (χ3n) is 1.25. The standard InChI is InChI=1S/C7H3ClN2OS/c8-7(11)5-2-10-3-6(12)4(5)1-9/h2-3,12H. The number of hydrogen-bond donors (Lipinski definition) is 1. The van der Waals surface area contributed by atoms with Gasteiger partial charge in [-0.3, -0.25) is 9.78 Å². The van der Waals surface area contributed by atoms with Gasteiger partial charge in [0.05, 0.1) is 11.1 Å². The van der Waals surface area contributed by atoms with Crippen LogP contribution < -0.4 is 0 Å². The van der Waals surface area contributed by atoms with E-state index in [0.717, 1.165) is 0 Å². The van der Waals surface area contributed by atoms with Crippen LogP contribution in [-0.4, -0.2) is 10.2 Å². The van der Waals surface area contributed by atoms with Crippen molar-refractivity contribution in [2.75, 3.05) is 0 Å². The summed E-state index contributed by atoms with van der Waals surface area (Å²) in [6.45, 7) is 0. The lowest BCUT2D eigenvalue weighted by molar-refractivity contribution is 0.108. The van der Waals surface area contributed by atoms with Gasteiger partial charge in [-0.15, -0.1) is 12.6 Å². The van der Waals surface area contributed by atoms with Gasteiger partial charge in [0, 0.05) is 17.3 Å². The van der Waals surface area contributed by atoms with Crippen molar-refractivity contribution in [1.82, 2.24) is 4.98 Å². The zero-order chi connectivity index (χ0) is 9.14. The first-order valence-electron chi connectivity index (χ1n) is 2.93. The highest BCUT2D eigenvalue weighted by molar-refractivity contribution is 7.80. The molecule has 0 fully saturated rings. The molecule has 0 unspecified atom stereocenters. The van der Waals surface area contributed by atoms with Crippen LogP contribution in [0.1, 0.15) is 15.9 Å². The second kappa shape index (κ2) is 3.57. The summed E-state index contributed by atoms with van der Waals surface area (Å²) >= 11 is 9.14. The molecule has 0 aromatic carbocycles. The molecule has 0 spiro atoms. The van der Waals surface area contributed by atoms with E-state index in [1.54, 1.807) is 0 Å². The van der Waals surface area contributed by atoms with Crippen molar-refractivity contribution in [2.24, 2.45) is 0 Å². The topological polar surface area (TPSA) is 53.8 Å². The Labute approximate surface area is 79.4 Å². The minimum atomic E-state index is -0.699. The molecule has 1 aromatic rings. The lowest BCUT2D eigenvalue weighted by Crippen LogP contribution is -1.96. The molecular weight excluding hydrogens is 196 g/mol. The molecular formula is C7H3ClN2OS. The second-order valence-corrected chi connectivity index (χ2v) is 2.79. The lowest BCUT2D eigenvalue weighted by atomic mass is 10.2. The van der Waals surface area contributed by atoms with Crippen molar-refractivity contribution in [3.8, 4) is 6.07 Å². The molecule has 1 aromatic heterocycles. The fraction of sp³-hybridized carbons (Fsp3) is 0. The number of carbonyl (C=O) groups is 1. The van der Waals surface area contributed by atoms with Crippen LogP contribution in [0.15, 0.2) is 17.3 Å².